The highest BCUT2D eigenvalue weighted by atomic mass is 32.2. The topological polar surface area (TPSA) is 99.2 Å². The summed E-state index contributed by atoms with van der Waals surface area (Å²) < 4.78 is 0. The van der Waals surface area contributed by atoms with E-state index >= 15 is 0 Å². The average molecular weight is 251 g/mol. The van der Waals surface area contributed by atoms with Crippen molar-refractivity contribution in [2.45, 2.75) is 16.7 Å². The molecule has 0 spiro atoms. The van der Waals surface area contributed by atoms with E-state index in [-0.39, 0.29) is 22.9 Å². The molecule has 2 heterocycles. The standard InChI is InChI=1S/C10H8N2O4S/c13-7-4-6(8(14)12-7)17-9-5(10(15)16)2-1-3-11-9/h1-3,6H,4H2,(H,15,16)(H,12,13,14)/p-1/t6-/m1/s1. The van der Waals surface area contributed by atoms with Crippen molar-refractivity contribution >= 4 is 29.5 Å². The van der Waals surface area contributed by atoms with E-state index in [0.717, 1.165) is 11.8 Å². The third kappa shape index (κ3) is 2.44. The van der Waals surface area contributed by atoms with Gasteiger partial charge in [0.1, 0.15) is 5.03 Å². The van der Waals surface area contributed by atoms with Crippen molar-refractivity contribution in [2.24, 2.45) is 0 Å². The fourth-order valence-electron chi connectivity index (χ4n) is 1.40. The Bertz CT molecular complexity index is 503. The maximum absolute atomic E-state index is 11.3. The number of imide groups is 1. The van der Waals surface area contributed by atoms with Crippen LogP contribution >= 0.6 is 11.8 Å². The van der Waals surface area contributed by atoms with E-state index in [1.54, 1.807) is 0 Å². The van der Waals surface area contributed by atoms with Crippen molar-refractivity contribution in [3.63, 3.8) is 0 Å². The zero-order valence-corrected chi connectivity index (χ0v) is 9.32. The van der Waals surface area contributed by atoms with Crippen LogP contribution in [-0.2, 0) is 9.59 Å². The lowest BCUT2D eigenvalue weighted by molar-refractivity contribution is -0.255. The normalized spacial score (nSPS) is 19.2. The molecule has 0 bridgehead atoms. The zero-order chi connectivity index (χ0) is 12.4. The molecule has 1 saturated heterocycles. The van der Waals surface area contributed by atoms with Crippen LogP contribution in [-0.4, -0.2) is 28.0 Å². The summed E-state index contributed by atoms with van der Waals surface area (Å²) in [6, 6.07) is 2.81. The van der Waals surface area contributed by atoms with Crippen molar-refractivity contribution in [2.75, 3.05) is 0 Å². The molecule has 88 valence electrons. The smallest absolute Gasteiger partial charge is 0.240 e. The predicted octanol–water partition coefficient (Wildman–Crippen LogP) is -1.05. The maximum atomic E-state index is 11.3. The first-order chi connectivity index (χ1) is 8.08. The summed E-state index contributed by atoms with van der Waals surface area (Å²) in [7, 11) is 0. The SMILES string of the molecule is O=C1C[C@@H](Sc2ncccc2C(=O)[O-])C(=O)N1. The van der Waals surface area contributed by atoms with Crippen LogP contribution in [0.3, 0.4) is 0 Å². The third-order valence-electron chi connectivity index (χ3n) is 2.17. The van der Waals surface area contributed by atoms with Crippen LogP contribution in [0.15, 0.2) is 23.4 Å². The highest BCUT2D eigenvalue weighted by molar-refractivity contribution is 8.00. The van der Waals surface area contributed by atoms with Crippen molar-refractivity contribution in [1.29, 1.82) is 0 Å². The number of carbonyl (C=O) groups is 3. The second-order valence-electron chi connectivity index (χ2n) is 3.37. The van der Waals surface area contributed by atoms with Crippen LogP contribution in [0.4, 0.5) is 0 Å². The van der Waals surface area contributed by atoms with E-state index in [9.17, 15) is 19.5 Å². The number of thioether (sulfide) groups is 1. The highest BCUT2D eigenvalue weighted by Gasteiger charge is 2.32. The Balaban J connectivity index is 2.22. The van der Waals surface area contributed by atoms with Crippen LogP contribution in [0.25, 0.3) is 0 Å². The first-order valence-corrected chi connectivity index (χ1v) is 5.62. The summed E-state index contributed by atoms with van der Waals surface area (Å²) in [5.41, 5.74) is -0.0790. The van der Waals surface area contributed by atoms with Crippen molar-refractivity contribution in [3.05, 3.63) is 23.9 Å². The summed E-state index contributed by atoms with van der Waals surface area (Å²) in [5.74, 6) is -2.14. The Morgan fingerprint density at radius 3 is 2.88 bits per heavy atom. The van der Waals surface area contributed by atoms with Crippen molar-refractivity contribution in [1.82, 2.24) is 10.3 Å². The van der Waals surface area contributed by atoms with Gasteiger partial charge in [0, 0.05) is 18.2 Å². The zero-order valence-electron chi connectivity index (χ0n) is 8.50. The number of carboxylic acid groups (broad SMARTS) is 1. The summed E-state index contributed by atoms with van der Waals surface area (Å²) in [4.78, 5) is 37.0. The number of nitrogens with zero attached hydrogens (tertiary/aromatic N) is 1. The number of amides is 2. The average Bonchev–Trinajstić information content (AvgIpc) is 2.58. The van der Waals surface area contributed by atoms with Gasteiger partial charge in [-0.1, -0.05) is 11.8 Å². The Labute approximate surface area is 100 Å². The summed E-state index contributed by atoms with van der Waals surface area (Å²) in [5, 5.41) is 12.5. The Kier molecular flexibility index (Phi) is 3.10. The maximum Gasteiger partial charge on any atom is 0.240 e. The van der Waals surface area contributed by atoms with Crippen LogP contribution in [0.2, 0.25) is 0 Å². The number of nitrogens with one attached hydrogen (secondary N) is 1. The third-order valence-corrected chi connectivity index (χ3v) is 3.38. The molecule has 0 aromatic carbocycles. The molecule has 2 amide bonds. The molecule has 1 aromatic heterocycles. The number of carbonyl (C=O) groups excluding carboxylic acids is 3. The van der Waals surface area contributed by atoms with Gasteiger partial charge in [-0.05, 0) is 12.1 Å². The van der Waals surface area contributed by atoms with E-state index in [1.165, 1.54) is 18.3 Å². The molecule has 2 rings (SSSR count). The van der Waals surface area contributed by atoms with Gasteiger partial charge in [-0.25, -0.2) is 4.98 Å². The van der Waals surface area contributed by atoms with Crippen LogP contribution < -0.4 is 10.4 Å². The number of hydrogen-bond acceptors (Lipinski definition) is 6. The van der Waals surface area contributed by atoms with E-state index in [0.29, 0.717) is 0 Å². The molecule has 0 unspecified atom stereocenters. The summed E-state index contributed by atoms with van der Waals surface area (Å²) in [6.07, 6.45) is 1.45. The predicted molar refractivity (Wildman–Crippen MR) is 56.0 cm³/mol. The molecule has 1 N–H and O–H groups in total. The van der Waals surface area contributed by atoms with E-state index < -0.39 is 17.1 Å². The number of pyridine rings is 1. The fraction of sp³-hybridized carbons (Fsp3) is 0.200. The molecule has 17 heavy (non-hydrogen) atoms. The lowest BCUT2D eigenvalue weighted by Gasteiger charge is -2.10. The molecule has 1 fully saturated rings. The minimum Gasteiger partial charge on any atom is -0.545 e. The molecule has 7 heteroatoms. The monoisotopic (exact) mass is 251 g/mol. The van der Waals surface area contributed by atoms with Gasteiger partial charge in [-0.3, -0.25) is 14.9 Å². The summed E-state index contributed by atoms with van der Waals surface area (Å²) >= 11 is 0.953. The van der Waals surface area contributed by atoms with Gasteiger partial charge in [-0.15, -0.1) is 0 Å². The molecular weight excluding hydrogens is 244 g/mol. The van der Waals surface area contributed by atoms with Crippen LogP contribution in [0.1, 0.15) is 16.8 Å². The van der Waals surface area contributed by atoms with Gasteiger partial charge in [-0.2, -0.15) is 0 Å². The molecule has 1 aliphatic rings. The highest BCUT2D eigenvalue weighted by Crippen LogP contribution is 2.28. The minimum absolute atomic E-state index is 0.0343. The lowest BCUT2D eigenvalue weighted by atomic mass is 10.3. The number of hydrogen-bond donors (Lipinski definition) is 1. The number of aromatic nitrogens is 1. The Hall–Kier alpha value is -1.89. The molecule has 1 aliphatic heterocycles. The Morgan fingerprint density at radius 2 is 2.29 bits per heavy atom. The quantitative estimate of drug-likeness (QED) is 0.688. The van der Waals surface area contributed by atoms with Gasteiger partial charge in [0.05, 0.1) is 11.2 Å². The van der Waals surface area contributed by atoms with Gasteiger partial charge in [0.2, 0.25) is 11.8 Å². The lowest BCUT2D eigenvalue weighted by Crippen LogP contribution is -2.25. The van der Waals surface area contributed by atoms with E-state index in [1.807, 2.05) is 0 Å². The van der Waals surface area contributed by atoms with E-state index in [4.69, 9.17) is 0 Å². The first kappa shape index (κ1) is 11.6. The van der Waals surface area contributed by atoms with Crippen LogP contribution in [0.5, 0.6) is 0 Å². The number of aromatic carboxylic acids is 1. The fourth-order valence-corrected chi connectivity index (χ4v) is 2.47. The minimum atomic E-state index is -1.36. The molecule has 1 aromatic rings. The number of carboxylic acids is 1. The largest absolute Gasteiger partial charge is 0.545 e. The molecule has 0 saturated carbocycles. The second kappa shape index (κ2) is 4.54. The van der Waals surface area contributed by atoms with E-state index in [2.05, 4.69) is 10.3 Å². The molecule has 0 radical (unpaired) electrons. The van der Waals surface area contributed by atoms with Crippen molar-refractivity contribution < 1.29 is 19.5 Å². The number of rotatable bonds is 3. The van der Waals surface area contributed by atoms with Gasteiger partial charge in [0.25, 0.3) is 0 Å². The summed E-state index contributed by atoms with van der Waals surface area (Å²) in [6.45, 7) is 0. The Morgan fingerprint density at radius 1 is 1.53 bits per heavy atom. The molecule has 0 aliphatic carbocycles. The molecule has 6 nitrogen and oxygen atoms in total. The van der Waals surface area contributed by atoms with Crippen molar-refractivity contribution in [3.8, 4) is 0 Å². The first-order valence-electron chi connectivity index (χ1n) is 4.74. The van der Waals surface area contributed by atoms with Gasteiger partial charge in [0.15, 0.2) is 0 Å². The molecular formula is C10H7N2O4S-. The van der Waals surface area contributed by atoms with Gasteiger partial charge >= 0.3 is 0 Å². The van der Waals surface area contributed by atoms with Crippen LogP contribution in [0, 0.1) is 0 Å². The molecule has 1 atom stereocenters. The van der Waals surface area contributed by atoms with Gasteiger partial charge < -0.3 is 9.90 Å². The second-order valence-corrected chi connectivity index (χ2v) is 4.56.